The van der Waals surface area contributed by atoms with E-state index in [2.05, 4.69) is 0 Å². The summed E-state index contributed by atoms with van der Waals surface area (Å²) in [5.41, 5.74) is 0.100. The van der Waals surface area contributed by atoms with Crippen molar-refractivity contribution < 1.29 is 23.8 Å². The summed E-state index contributed by atoms with van der Waals surface area (Å²) >= 11 is 0. The highest BCUT2D eigenvalue weighted by atomic mass is 16.6. The zero-order chi connectivity index (χ0) is 18.4. The van der Waals surface area contributed by atoms with Crippen LogP contribution in [0.4, 0.5) is 0 Å². The Morgan fingerprint density at radius 3 is 2.64 bits per heavy atom. The van der Waals surface area contributed by atoms with E-state index in [9.17, 15) is 14.7 Å². The van der Waals surface area contributed by atoms with E-state index in [4.69, 9.17) is 13.9 Å². The molecule has 1 aromatic carbocycles. The van der Waals surface area contributed by atoms with Gasteiger partial charge in [-0.05, 0) is 39.8 Å². The van der Waals surface area contributed by atoms with Crippen LogP contribution in [0.25, 0.3) is 11.0 Å². The van der Waals surface area contributed by atoms with Crippen molar-refractivity contribution in [1.82, 2.24) is 0 Å². The molecule has 1 aliphatic heterocycles. The maximum Gasteiger partial charge on any atom is 0.336 e. The van der Waals surface area contributed by atoms with Crippen LogP contribution in [0, 0.1) is 0 Å². The number of allylic oxidation sites excluding steroid dienone is 1. The van der Waals surface area contributed by atoms with Crippen molar-refractivity contribution in [2.45, 2.75) is 45.5 Å². The van der Waals surface area contributed by atoms with Gasteiger partial charge in [-0.15, -0.1) is 0 Å². The van der Waals surface area contributed by atoms with Crippen molar-refractivity contribution in [3.05, 3.63) is 51.9 Å². The molecule has 0 spiro atoms. The molecule has 0 unspecified atom stereocenters. The summed E-state index contributed by atoms with van der Waals surface area (Å²) in [5.74, 6) is -0.0839. The topological polar surface area (TPSA) is 86.0 Å². The van der Waals surface area contributed by atoms with Gasteiger partial charge in [0.2, 0.25) is 0 Å². The first-order chi connectivity index (χ1) is 11.6. The first kappa shape index (κ1) is 17.2. The lowest BCUT2D eigenvalue weighted by Gasteiger charge is -2.29. The van der Waals surface area contributed by atoms with Crippen molar-refractivity contribution in [3.63, 3.8) is 0 Å². The van der Waals surface area contributed by atoms with Crippen LogP contribution in [-0.4, -0.2) is 22.8 Å². The van der Waals surface area contributed by atoms with Crippen molar-refractivity contribution >= 4 is 16.9 Å². The summed E-state index contributed by atoms with van der Waals surface area (Å²) in [7, 11) is 0. The summed E-state index contributed by atoms with van der Waals surface area (Å²) in [5, 5.41) is 11.1. The second kappa shape index (κ2) is 6.04. The number of esters is 1. The Morgan fingerprint density at radius 2 is 2.00 bits per heavy atom. The standard InChI is InChI=1S/C19H20O6/c1-10(2)7-16(21)25-17-12-8-11-5-6-15(20)23-13(11)9-14(12)24-18(17)19(3,4)22/h5-9,17-18,22H,1-4H3/t17-,18-/m1/s1. The van der Waals surface area contributed by atoms with E-state index < -0.39 is 29.4 Å². The van der Waals surface area contributed by atoms with Crippen molar-refractivity contribution in [1.29, 1.82) is 0 Å². The van der Waals surface area contributed by atoms with Gasteiger partial charge in [-0.3, -0.25) is 0 Å². The van der Waals surface area contributed by atoms with E-state index in [1.165, 1.54) is 12.1 Å². The molecular weight excluding hydrogens is 324 g/mol. The number of carbonyl (C=O) groups is 1. The molecule has 2 atom stereocenters. The third-order valence-electron chi connectivity index (χ3n) is 3.93. The fourth-order valence-electron chi connectivity index (χ4n) is 2.84. The van der Waals surface area contributed by atoms with Gasteiger partial charge in [0.05, 0.1) is 5.60 Å². The predicted molar refractivity (Wildman–Crippen MR) is 91.5 cm³/mol. The molecule has 0 saturated heterocycles. The van der Waals surface area contributed by atoms with Crippen LogP contribution in [0.15, 0.2) is 45.1 Å². The fraction of sp³-hybridized carbons (Fsp3) is 0.368. The van der Waals surface area contributed by atoms with Gasteiger partial charge in [0, 0.05) is 29.2 Å². The van der Waals surface area contributed by atoms with Crippen molar-refractivity contribution in [3.8, 4) is 5.75 Å². The van der Waals surface area contributed by atoms with Gasteiger partial charge in [-0.25, -0.2) is 9.59 Å². The Hall–Kier alpha value is -2.60. The summed E-state index contributed by atoms with van der Waals surface area (Å²) in [6.07, 6.45) is -0.158. The SMILES string of the molecule is CC(C)=CC(=O)O[C@@H]1c2cc3ccc(=O)oc3cc2O[C@H]1C(C)(C)O. The minimum atomic E-state index is -1.25. The van der Waals surface area contributed by atoms with Gasteiger partial charge in [-0.1, -0.05) is 5.57 Å². The predicted octanol–water partition coefficient (Wildman–Crippen LogP) is 2.88. The van der Waals surface area contributed by atoms with E-state index in [1.807, 2.05) is 0 Å². The van der Waals surface area contributed by atoms with E-state index in [0.29, 0.717) is 22.3 Å². The number of fused-ring (bicyclic) bond motifs is 2. The highest BCUT2D eigenvalue weighted by Gasteiger charge is 2.45. The Labute approximate surface area is 144 Å². The third kappa shape index (κ3) is 3.44. The molecule has 0 amide bonds. The number of hydrogen-bond acceptors (Lipinski definition) is 6. The first-order valence-corrected chi connectivity index (χ1v) is 7.97. The summed E-state index contributed by atoms with van der Waals surface area (Å²) in [6, 6.07) is 6.29. The molecule has 0 fully saturated rings. The van der Waals surface area contributed by atoms with Gasteiger partial charge >= 0.3 is 11.6 Å². The lowest BCUT2D eigenvalue weighted by molar-refractivity contribution is -0.154. The van der Waals surface area contributed by atoms with Crippen LogP contribution in [0.2, 0.25) is 0 Å². The lowest BCUT2D eigenvalue weighted by atomic mass is 9.94. The van der Waals surface area contributed by atoms with E-state index in [1.54, 1.807) is 45.9 Å². The highest BCUT2D eigenvalue weighted by molar-refractivity contribution is 5.84. The van der Waals surface area contributed by atoms with Gasteiger partial charge in [0.25, 0.3) is 0 Å². The maximum atomic E-state index is 12.1. The van der Waals surface area contributed by atoms with E-state index in [-0.39, 0.29) is 0 Å². The molecule has 1 N–H and O–H groups in total. The second-order valence-electron chi connectivity index (χ2n) is 6.95. The van der Waals surface area contributed by atoms with Gasteiger partial charge in [-0.2, -0.15) is 0 Å². The number of rotatable bonds is 3. The summed E-state index contributed by atoms with van der Waals surface area (Å²) in [4.78, 5) is 23.5. The van der Waals surface area contributed by atoms with Crippen LogP contribution in [-0.2, 0) is 9.53 Å². The Bertz CT molecular complexity index is 912. The van der Waals surface area contributed by atoms with E-state index >= 15 is 0 Å². The minimum absolute atomic E-state index is 0.372. The average molecular weight is 344 g/mol. The molecule has 6 heteroatoms. The van der Waals surface area contributed by atoms with Crippen LogP contribution in [0.5, 0.6) is 5.75 Å². The van der Waals surface area contributed by atoms with Crippen LogP contribution < -0.4 is 10.4 Å². The molecule has 2 aromatic rings. The average Bonchev–Trinajstić information content (AvgIpc) is 2.82. The number of benzene rings is 1. The number of carbonyl (C=O) groups excluding carboxylic acids is 1. The molecule has 1 aliphatic rings. The van der Waals surface area contributed by atoms with Crippen molar-refractivity contribution in [2.24, 2.45) is 0 Å². The molecule has 0 saturated carbocycles. The molecule has 0 bridgehead atoms. The number of ether oxygens (including phenoxy) is 2. The fourth-order valence-corrected chi connectivity index (χ4v) is 2.84. The zero-order valence-corrected chi connectivity index (χ0v) is 14.5. The monoisotopic (exact) mass is 344 g/mol. The molecule has 25 heavy (non-hydrogen) atoms. The van der Waals surface area contributed by atoms with Gasteiger partial charge in [0.15, 0.2) is 12.2 Å². The normalized spacial score (nSPS) is 19.2. The largest absolute Gasteiger partial charge is 0.483 e. The lowest BCUT2D eigenvalue weighted by Crippen LogP contribution is -2.43. The molecule has 0 radical (unpaired) electrons. The molecule has 6 nitrogen and oxygen atoms in total. The van der Waals surface area contributed by atoms with Gasteiger partial charge < -0.3 is 19.0 Å². The summed E-state index contributed by atoms with van der Waals surface area (Å²) in [6.45, 7) is 6.77. The smallest absolute Gasteiger partial charge is 0.336 e. The second-order valence-corrected chi connectivity index (χ2v) is 6.95. The van der Waals surface area contributed by atoms with Crippen LogP contribution in [0.3, 0.4) is 0 Å². The molecule has 0 aliphatic carbocycles. The van der Waals surface area contributed by atoms with E-state index in [0.717, 1.165) is 5.57 Å². The molecular formula is C19H20O6. The molecule has 132 valence electrons. The molecule has 1 aromatic heterocycles. The van der Waals surface area contributed by atoms with Crippen LogP contribution >= 0.6 is 0 Å². The quantitative estimate of drug-likeness (QED) is 0.523. The third-order valence-corrected chi connectivity index (χ3v) is 3.93. The van der Waals surface area contributed by atoms with Crippen LogP contribution in [0.1, 0.15) is 39.4 Å². The minimum Gasteiger partial charge on any atom is -0.483 e. The van der Waals surface area contributed by atoms with Gasteiger partial charge in [0.1, 0.15) is 11.3 Å². The molecule has 2 heterocycles. The Morgan fingerprint density at radius 1 is 1.28 bits per heavy atom. The number of hydrogen-bond donors (Lipinski definition) is 1. The zero-order valence-electron chi connectivity index (χ0n) is 14.5. The number of aliphatic hydroxyl groups is 1. The first-order valence-electron chi connectivity index (χ1n) is 7.97. The highest BCUT2D eigenvalue weighted by Crippen LogP contribution is 2.44. The Balaban J connectivity index is 2.08. The molecule has 3 rings (SSSR count). The summed E-state index contributed by atoms with van der Waals surface area (Å²) < 4.78 is 16.6. The van der Waals surface area contributed by atoms with Crippen molar-refractivity contribution in [2.75, 3.05) is 0 Å². The Kier molecular flexibility index (Phi) is 4.16. The maximum absolute atomic E-state index is 12.1.